The number of hydrogen-bond acceptors (Lipinski definition) is 7. The Bertz CT molecular complexity index is 1600. The van der Waals surface area contributed by atoms with E-state index in [4.69, 9.17) is 5.73 Å². The number of halogens is 1. The van der Waals surface area contributed by atoms with Crippen molar-refractivity contribution in [3.63, 3.8) is 0 Å². The fourth-order valence-corrected chi connectivity index (χ4v) is 6.61. The minimum Gasteiger partial charge on any atom is -0.371 e. The fraction of sp³-hybridized carbons (Fsp3) is 0.441. The molecule has 0 unspecified atom stereocenters. The Kier molecular flexibility index (Phi) is 9.69. The molecule has 5 heterocycles. The van der Waals surface area contributed by atoms with Crippen molar-refractivity contribution in [1.29, 1.82) is 0 Å². The lowest BCUT2D eigenvalue weighted by Gasteiger charge is -2.40. The van der Waals surface area contributed by atoms with Gasteiger partial charge in [-0.1, -0.05) is 0 Å². The maximum atomic E-state index is 14.0. The average Bonchev–Trinajstić information content (AvgIpc) is 3.00. The van der Waals surface area contributed by atoms with E-state index in [1.54, 1.807) is 0 Å². The summed E-state index contributed by atoms with van der Waals surface area (Å²) in [5, 5.41) is 0.781. The standard InChI is InChI=1S/C34H43N7O.ClH/c1-24-6-7-30(19-37-24)40-14-4-5-31(23-40)41(20-26-10-13-36-25(2)17-26)22-27-21-38(3)33-18-29(8-9-32(33)34(27)42)39-15-11-28(35)12-16-39;/h6-10,13,17-19,21,28,31H,4-5,11-12,14-16,20,22-23,35H2,1-3H3;1H/t31-;/m0./s1. The summed E-state index contributed by atoms with van der Waals surface area (Å²) >= 11 is 0. The van der Waals surface area contributed by atoms with Crippen molar-refractivity contribution >= 4 is 34.7 Å². The molecule has 6 rings (SSSR count). The Balaban J connectivity index is 0.00000368. The summed E-state index contributed by atoms with van der Waals surface area (Å²) in [6.07, 6.45) is 10.1. The van der Waals surface area contributed by atoms with Crippen molar-refractivity contribution in [2.75, 3.05) is 36.0 Å². The molecular weight excluding hydrogens is 558 g/mol. The Labute approximate surface area is 260 Å². The third kappa shape index (κ3) is 7.03. The maximum Gasteiger partial charge on any atom is 0.193 e. The van der Waals surface area contributed by atoms with Crippen LogP contribution in [-0.2, 0) is 20.1 Å². The summed E-state index contributed by atoms with van der Waals surface area (Å²) in [4.78, 5) is 30.2. The minimum absolute atomic E-state index is 0. The first-order chi connectivity index (χ1) is 20.3. The van der Waals surface area contributed by atoms with E-state index < -0.39 is 0 Å². The van der Waals surface area contributed by atoms with E-state index >= 15 is 0 Å². The molecule has 2 aliphatic rings. The zero-order valence-corrected chi connectivity index (χ0v) is 26.4. The van der Waals surface area contributed by atoms with Gasteiger partial charge >= 0.3 is 0 Å². The van der Waals surface area contributed by atoms with Crippen LogP contribution in [0.4, 0.5) is 11.4 Å². The Morgan fingerprint density at radius 1 is 0.907 bits per heavy atom. The monoisotopic (exact) mass is 601 g/mol. The van der Waals surface area contributed by atoms with Gasteiger partial charge in [0.1, 0.15) is 0 Å². The predicted molar refractivity (Wildman–Crippen MR) is 178 cm³/mol. The summed E-state index contributed by atoms with van der Waals surface area (Å²) < 4.78 is 2.13. The van der Waals surface area contributed by atoms with Gasteiger partial charge < -0.3 is 20.1 Å². The molecular formula is C34H44ClN7O. The number of nitrogens with two attached hydrogens (primary N) is 1. The second-order valence-corrected chi connectivity index (χ2v) is 12.2. The highest BCUT2D eigenvalue weighted by molar-refractivity contribution is 5.85. The van der Waals surface area contributed by atoms with Crippen LogP contribution in [-0.4, -0.2) is 57.7 Å². The topological polar surface area (TPSA) is 83.5 Å². The van der Waals surface area contributed by atoms with Crippen LogP contribution < -0.4 is 21.0 Å². The van der Waals surface area contributed by atoms with Crippen LogP contribution in [0.15, 0.2) is 65.8 Å². The first-order valence-corrected chi connectivity index (χ1v) is 15.3. The SMILES string of the molecule is Cc1ccc(N2CCC[C@H](N(Cc3ccnc(C)c3)Cc3cn(C)c4cc(N5CCC(N)CC5)ccc4c3=O)C2)cn1.Cl. The molecule has 0 bridgehead atoms. The molecule has 2 fully saturated rings. The number of nitrogens with zero attached hydrogens (tertiary/aromatic N) is 6. The number of pyridine rings is 3. The molecule has 4 aromatic rings. The van der Waals surface area contributed by atoms with Gasteiger partial charge in [0.2, 0.25) is 0 Å². The second-order valence-electron chi connectivity index (χ2n) is 12.2. The molecule has 1 aromatic carbocycles. The molecule has 228 valence electrons. The van der Waals surface area contributed by atoms with Crippen LogP contribution in [0.25, 0.3) is 10.9 Å². The summed E-state index contributed by atoms with van der Waals surface area (Å²) in [6, 6.07) is 15.4. The Morgan fingerprint density at radius 3 is 2.44 bits per heavy atom. The smallest absolute Gasteiger partial charge is 0.193 e. The van der Waals surface area contributed by atoms with Gasteiger partial charge in [-0.05, 0) is 87.6 Å². The zero-order chi connectivity index (χ0) is 29.2. The molecule has 9 heteroatoms. The predicted octanol–water partition coefficient (Wildman–Crippen LogP) is 4.97. The van der Waals surface area contributed by atoms with Crippen molar-refractivity contribution in [3.8, 4) is 0 Å². The number of rotatable bonds is 7. The largest absolute Gasteiger partial charge is 0.371 e. The number of benzene rings is 1. The minimum atomic E-state index is 0. The van der Waals surface area contributed by atoms with E-state index in [1.165, 1.54) is 11.3 Å². The highest BCUT2D eigenvalue weighted by Crippen LogP contribution is 2.27. The zero-order valence-electron chi connectivity index (χ0n) is 25.6. The summed E-state index contributed by atoms with van der Waals surface area (Å²) in [5.41, 5.74) is 13.7. The summed E-state index contributed by atoms with van der Waals surface area (Å²) in [7, 11) is 2.06. The lowest BCUT2D eigenvalue weighted by Crippen LogP contribution is -2.48. The van der Waals surface area contributed by atoms with Crippen molar-refractivity contribution in [2.24, 2.45) is 12.8 Å². The van der Waals surface area contributed by atoms with Gasteiger partial charge in [0.05, 0.1) is 17.4 Å². The van der Waals surface area contributed by atoms with E-state index in [0.29, 0.717) is 12.6 Å². The fourth-order valence-electron chi connectivity index (χ4n) is 6.61. The van der Waals surface area contributed by atoms with Crippen LogP contribution in [0, 0.1) is 13.8 Å². The van der Waals surface area contributed by atoms with Crippen molar-refractivity contribution in [3.05, 3.63) is 93.8 Å². The molecule has 2 aliphatic heterocycles. The van der Waals surface area contributed by atoms with Crippen LogP contribution >= 0.6 is 12.4 Å². The molecule has 0 aliphatic carbocycles. The van der Waals surface area contributed by atoms with E-state index in [-0.39, 0.29) is 23.9 Å². The molecule has 0 spiro atoms. The van der Waals surface area contributed by atoms with Crippen molar-refractivity contribution in [2.45, 2.75) is 64.7 Å². The molecule has 3 aromatic heterocycles. The Hall–Kier alpha value is -3.46. The van der Waals surface area contributed by atoms with Crippen LogP contribution in [0.1, 0.15) is 48.2 Å². The van der Waals surface area contributed by atoms with Gasteiger partial charge in [-0.15, -0.1) is 12.4 Å². The summed E-state index contributed by atoms with van der Waals surface area (Å²) in [6.45, 7) is 9.27. The third-order valence-electron chi connectivity index (χ3n) is 9.05. The maximum absolute atomic E-state index is 14.0. The molecule has 43 heavy (non-hydrogen) atoms. The lowest BCUT2D eigenvalue weighted by molar-refractivity contribution is 0.158. The Morgan fingerprint density at radius 2 is 1.70 bits per heavy atom. The van der Waals surface area contributed by atoms with Gasteiger partial charge in [-0.3, -0.25) is 19.7 Å². The number of hydrogen-bond donors (Lipinski definition) is 1. The second kappa shape index (κ2) is 13.5. The number of aromatic nitrogens is 3. The first kappa shape index (κ1) is 31.0. The highest BCUT2D eigenvalue weighted by Gasteiger charge is 2.27. The van der Waals surface area contributed by atoms with Gasteiger partial charge in [-0.2, -0.15) is 0 Å². The molecule has 0 saturated carbocycles. The molecule has 2 N–H and O–H groups in total. The van der Waals surface area contributed by atoms with Crippen LogP contribution in [0.2, 0.25) is 0 Å². The van der Waals surface area contributed by atoms with E-state index in [9.17, 15) is 4.79 Å². The molecule has 2 saturated heterocycles. The molecule has 0 amide bonds. The molecule has 1 atom stereocenters. The number of fused-ring (bicyclic) bond motifs is 1. The highest BCUT2D eigenvalue weighted by atomic mass is 35.5. The van der Waals surface area contributed by atoms with Crippen LogP contribution in [0.3, 0.4) is 0 Å². The van der Waals surface area contributed by atoms with E-state index in [1.807, 2.05) is 32.3 Å². The van der Waals surface area contributed by atoms with Gasteiger partial charge in [0.25, 0.3) is 0 Å². The molecule has 0 radical (unpaired) electrons. The normalized spacial score (nSPS) is 17.8. The van der Waals surface area contributed by atoms with Crippen molar-refractivity contribution < 1.29 is 0 Å². The summed E-state index contributed by atoms with van der Waals surface area (Å²) in [5.74, 6) is 0. The average molecular weight is 602 g/mol. The first-order valence-electron chi connectivity index (χ1n) is 15.3. The van der Waals surface area contributed by atoms with Gasteiger partial charge in [0.15, 0.2) is 5.43 Å². The van der Waals surface area contributed by atoms with Gasteiger partial charge in [0, 0.05) is 98.8 Å². The third-order valence-corrected chi connectivity index (χ3v) is 9.05. The van der Waals surface area contributed by atoms with Gasteiger partial charge in [-0.25, -0.2) is 0 Å². The quantitative estimate of drug-likeness (QED) is 0.320. The van der Waals surface area contributed by atoms with Crippen LogP contribution in [0.5, 0.6) is 0 Å². The van der Waals surface area contributed by atoms with E-state index in [0.717, 1.165) is 91.9 Å². The number of anilines is 2. The van der Waals surface area contributed by atoms with E-state index in [2.05, 4.69) is 78.9 Å². The number of aryl methyl sites for hydroxylation is 3. The molecule has 8 nitrogen and oxygen atoms in total. The number of piperidine rings is 2. The van der Waals surface area contributed by atoms with Crippen molar-refractivity contribution in [1.82, 2.24) is 19.4 Å². The lowest BCUT2D eigenvalue weighted by atomic mass is 10.0.